The molecule has 1 aromatic carbocycles. The summed E-state index contributed by atoms with van der Waals surface area (Å²) >= 11 is 0. The van der Waals surface area contributed by atoms with Crippen molar-refractivity contribution in [3.63, 3.8) is 0 Å². The number of alkyl halides is 3. The van der Waals surface area contributed by atoms with Crippen molar-refractivity contribution in [2.24, 2.45) is 0 Å². The first kappa shape index (κ1) is 19.9. The number of sulfonamides is 1. The summed E-state index contributed by atoms with van der Waals surface area (Å²) in [6.45, 7) is -0.0652. The Kier molecular flexibility index (Phi) is 5.21. The molecule has 3 rings (SSSR count). The van der Waals surface area contributed by atoms with Gasteiger partial charge in [-0.3, -0.25) is 10.1 Å². The molecule has 2 aromatic rings. The van der Waals surface area contributed by atoms with E-state index < -0.39 is 37.4 Å². The van der Waals surface area contributed by atoms with E-state index in [2.05, 4.69) is 9.97 Å². The summed E-state index contributed by atoms with van der Waals surface area (Å²) in [5.41, 5.74) is -1.63. The zero-order valence-corrected chi connectivity index (χ0v) is 15.0. The van der Waals surface area contributed by atoms with Crippen molar-refractivity contribution in [2.45, 2.75) is 11.1 Å². The number of anilines is 1. The quantitative estimate of drug-likeness (QED) is 0.552. The Labute approximate surface area is 157 Å². The summed E-state index contributed by atoms with van der Waals surface area (Å²) < 4.78 is 65.0. The van der Waals surface area contributed by atoms with Gasteiger partial charge in [0.1, 0.15) is 5.69 Å². The molecule has 0 saturated carbocycles. The summed E-state index contributed by atoms with van der Waals surface area (Å²) in [6.07, 6.45) is -3.63. The number of nitro benzene ring substituents is 1. The molecule has 1 aromatic heterocycles. The van der Waals surface area contributed by atoms with Crippen molar-refractivity contribution < 1.29 is 26.5 Å². The maximum atomic E-state index is 12.8. The molecule has 0 bridgehead atoms. The van der Waals surface area contributed by atoms with Crippen LogP contribution in [0, 0.1) is 10.1 Å². The van der Waals surface area contributed by atoms with E-state index in [-0.39, 0.29) is 32.1 Å². The monoisotopic (exact) mass is 417 g/mol. The van der Waals surface area contributed by atoms with Crippen LogP contribution in [0.1, 0.15) is 5.69 Å². The number of nitro groups is 1. The van der Waals surface area contributed by atoms with Crippen molar-refractivity contribution in [3.05, 3.63) is 52.3 Å². The fourth-order valence-corrected chi connectivity index (χ4v) is 4.33. The predicted octanol–water partition coefficient (Wildman–Crippen LogP) is 1.91. The van der Waals surface area contributed by atoms with Crippen molar-refractivity contribution in [2.75, 3.05) is 31.1 Å². The molecule has 0 aliphatic carbocycles. The Morgan fingerprint density at radius 3 is 2.32 bits per heavy atom. The van der Waals surface area contributed by atoms with Crippen LogP contribution in [-0.2, 0) is 16.2 Å². The molecule has 0 amide bonds. The molecule has 150 valence electrons. The third-order valence-corrected chi connectivity index (χ3v) is 6.08. The molecule has 13 heteroatoms. The van der Waals surface area contributed by atoms with Crippen LogP contribution in [0.3, 0.4) is 0 Å². The predicted molar refractivity (Wildman–Crippen MR) is 91.1 cm³/mol. The van der Waals surface area contributed by atoms with Gasteiger partial charge < -0.3 is 4.90 Å². The summed E-state index contributed by atoms with van der Waals surface area (Å²) in [7, 11) is -4.13. The highest BCUT2D eigenvalue weighted by molar-refractivity contribution is 7.89. The number of hydrogen-bond donors (Lipinski definition) is 0. The third-order valence-electron chi connectivity index (χ3n) is 4.13. The largest absolute Gasteiger partial charge is 0.433 e. The molecule has 0 N–H and O–H groups in total. The van der Waals surface area contributed by atoms with E-state index in [0.717, 1.165) is 28.7 Å². The van der Waals surface area contributed by atoms with Crippen LogP contribution in [0.25, 0.3) is 0 Å². The highest BCUT2D eigenvalue weighted by Crippen LogP contribution is 2.29. The van der Waals surface area contributed by atoms with E-state index in [1.54, 1.807) is 0 Å². The van der Waals surface area contributed by atoms with E-state index in [1.807, 2.05) is 0 Å². The van der Waals surface area contributed by atoms with E-state index in [9.17, 15) is 31.7 Å². The first-order chi connectivity index (χ1) is 13.1. The normalized spacial score (nSPS) is 16.2. The van der Waals surface area contributed by atoms with Gasteiger partial charge >= 0.3 is 6.18 Å². The van der Waals surface area contributed by atoms with Gasteiger partial charge in [0.2, 0.25) is 16.0 Å². The first-order valence-corrected chi connectivity index (χ1v) is 9.43. The number of hydrogen-bond acceptors (Lipinski definition) is 7. The fourth-order valence-electron chi connectivity index (χ4n) is 2.75. The molecule has 0 radical (unpaired) electrons. The Morgan fingerprint density at radius 2 is 1.71 bits per heavy atom. The van der Waals surface area contributed by atoms with Crippen molar-refractivity contribution in [1.29, 1.82) is 0 Å². The zero-order valence-electron chi connectivity index (χ0n) is 14.2. The van der Waals surface area contributed by atoms with E-state index >= 15 is 0 Å². The van der Waals surface area contributed by atoms with Crippen LogP contribution in [0.5, 0.6) is 0 Å². The molecule has 0 spiro atoms. The van der Waals surface area contributed by atoms with Crippen LogP contribution < -0.4 is 4.90 Å². The molecule has 9 nitrogen and oxygen atoms in total. The van der Waals surface area contributed by atoms with Gasteiger partial charge in [0, 0.05) is 38.4 Å². The number of piperazine rings is 1. The lowest BCUT2D eigenvalue weighted by Gasteiger charge is -2.33. The zero-order chi connectivity index (χ0) is 20.5. The van der Waals surface area contributed by atoms with Gasteiger partial charge in [0.15, 0.2) is 4.90 Å². The van der Waals surface area contributed by atoms with Crippen molar-refractivity contribution >= 4 is 21.7 Å². The van der Waals surface area contributed by atoms with Gasteiger partial charge in [0.25, 0.3) is 5.69 Å². The lowest BCUT2D eigenvalue weighted by atomic mass is 10.3. The van der Waals surface area contributed by atoms with Crippen LogP contribution >= 0.6 is 0 Å². The van der Waals surface area contributed by atoms with E-state index in [4.69, 9.17) is 0 Å². The molecular formula is C15H14F3N5O4S. The topological polar surface area (TPSA) is 110 Å². The lowest BCUT2D eigenvalue weighted by molar-refractivity contribution is -0.387. The molecule has 0 unspecified atom stereocenters. The highest BCUT2D eigenvalue weighted by Gasteiger charge is 2.36. The SMILES string of the molecule is O=[N+]([O-])c1ccccc1S(=O)(=O)N1CCN(c2nccc(C(F)(F)F)n2)CC1. The molecule has 2 heterocycles. The summed E-state index contributed by atoms with van der Waals surface area (Å²) in [5.74, 6) is -0.155. The summed E-state index contributed by atoms with van der Waals surface area (Å²) in [4.78, 5) is 18.6. The van der Waals surface area contributed by atoms with Gasteiger partial charge in [0.05, 0.1) is 4.92 Å². The van der Waals surface area contributed by atoms with Gasteiger partial charge in [-0.1, -0.05) is 12.1 Å². The average Bonchev–Trinajstić information content (AvgIpc) is 2.67. The second-order valence-corrected chi connectivity index (χ2v) is 7.76. The minimum Gasteiger partial charge on any atom is -0.338 e. The number of halogens is 3. The second kappa shape index (κ2) is 7.31. The molecule has 1 aliphatic rings. The minimum absolute atomic E-state index is 0.0428. The first-order valence-electron chi connectivity index (χ1n) is 7.99. The van der Waals surface area contributed by atoms with Crippen LogP contribution in [0.4, 0.5) is 24.8 Å². The Hall–Kier alpha value is -2.80. The fraction of sp³-hybridized carbons (Fsp3) is 0.333. The number of nitrogens with zero attached hydrogens (tertiary/aromatic N) is 5. The summed E-state index contributed by atoms with van der Waals surface area (Å²) in [6, 6.07) is 5.74. The Balaban J connectivity index is 1.78. The highest BCUT2D eigenvalue weighted by atomic mass is 32.2. The van der Waals surface area contributed by atoms with Crippen LogP contribution in [0.2, 0.25) is 0 Å². The van der Waals surface area contributed by atoms with Gasteiger partial charge in [-0.2, -0.15) is 17.5 Å². The number of para-hydroxylation sites is 1. The lowest BCUT2D eigenvalue weighted by Crippen LogP contribution is -2.49. The van der Waals surface area contributed by atoms with E-state index in [1.165, 1.54) is 17.0 Å². The minimum atomic E-state index is -4.62. The number of rotatable bonds is 4. The van der Waals surface area contributed by atoms with Gasteiger partial charge in [-0.25, -0.2) is 18.4 Å². The maximum Gasteiger partial charge on any atom is 0.433 e. The standard InChI is InChI=1S/C15H14F3N5O4S/c16-15(17,18)13-5-6-19-14(20-13)21-7-9-22(10-8-21)28(26,27)12-4-2-1-3-11(12)23(24)25/h1-6H,7-10H2. The number of aromatic nitrogens is 2. The second-order valence-electron chi connectivity index (χ2n) is 5.86. The third kappa shape index (κ3) is 3.89. The molecule has 28 heavy (non-hydrogen) atoms. The van der Waals surface area contributed by atoms with Crippen LogP contribution in [0.15, 0.2) is 41.4 Å². The molecule has 1 saturated heterocycles. The smallest absolute Gasteiger partial charge is 0.338 e. The maximum absolute atomic E-state index is 12.8. The van der Waals surface area contributed by atoms with Crippen molar-refractivity contribution in [3.8, 4) is 0 Å². The van der Waals surface area contributed by atoms with Gasteiger partial charge in [-0.05, 0) is 12.1 Å². The van der Waals surface area contributed by atoms with Crippen molar-refractivity contribution in [1.82, 2.24) is 14.3 Å². The molecule has 0 atom stereocenters. The molecule has 1 aliphatic heterocycles. The molecule has 1 fully saturated rings. The average molecular weight is 417 g/mol. The summed E-state index contributed by atoms with van der Waals surface area (Å²) in [5, 5.41) is 11.1. The van der Waals surface area contributed by atoms with E-state index in [0.29, 0.717) is 0 Å². The Bertz CT molecular complexity index is 991. The van der Waals surface area contributed by atoms with Gasteiger partial charge in [-0.15, -0.1) is 0 Å². The molecular weight excluding hydrogens is 403 g/mol. The van der Waals surface area contributed by atoms with Crippen LogP contribution in [-0.4, -0.2) is 53.8 Å². The Morgan fingerprint density at radius 1 is 1.07 bits per heavy atom. The number of benzene rings is 1.